The molecule has 19 heavy (non-hydrogen) atoms. The smallest absolute Gasteiger partial charge is 0.456 e. The molecule has 0 bridgehead atoms. The summed E-state index contributed by atoms with van der Waals surface area (Å²) in [7, 11) is -4.41. The molecular weight excluding hydrogens is 297 g/mol. The molecule has 98 valence electrons. The maximum atomic E-state index is 11.1. The normalized spacial score (nSPS) is 10.6. The molecule has 3 N–H and O–H groups in total. The van der Waals surface area contributed by atoms with E-state index in [2.05, 4.69) is 6.07 Å². The van der Waals surface area contributed by atoms with E-state index in [0.29, 0.717) is 10.9 Å². The number of anilines is 1. The molecule has 0 amide bonds. The van der Waals surface area contributed by atoms with Gasteiger partial charge in [0.2, 0.25) is 5.63 Å². The Kier molecular flexibility index (Phi) is 6.41. The van der Waals surface area contributed by atoms with Gasteiger partial charge in [-0.05, 0) is 6.07 Å². The van der Waals surface area contributed by atoms with Crippen LogP contribution in [-0.4, -0.2) is 13.0 Å². The van der Waals surface area contributed by atoms with E-state index in [9.17, 15) is 13.2 Å². The molecule has 0 atom stereocenters. The molecule has 0 fully saturated rings. The van der Waals surface area contributed by atoms with Crippen LogP contribution in [0.3, 0.4) is 0 Å². The monoisotopic (exact) mass is 308 g/mol. The largest absolute Gasteiger partial charge is 1.00 e. The van der Waals surface area contributed by atoms with Gasteiger partial charge in [0.15, 0.2) is 0 Å². The zero-order valence-electron chi connectivity index (χ0n) is 10.7. The third kappa shape index (κ3) is 3.88. The average Bonchev–Trinajstić information content (AvgIpc) is 2.13. The molecule has 0 saturated carbocycles. The van der Waals surface area contributed by atoms with Crippen molar-refractivity contribution in [1.82, 2.24) is 0 Å². The number of nitrogens with two attached hydrogens (primary N) is 1. The van der Waals surface area contributed by atoms with Crippen LogP contribution in [0.5, 0.6) is 0 Å². The summed E-state index contributed by atoms with van der Waals surface area (Å²) in [5, 5.41) is 0.353. The van der Waals surface area contributed by atoms with E-state index in [1.165, 1.54) is 6.07 Å². The molecule has 0 aliphatic carbocycles. The summed E-state index contributed by atoms with van der Waals surface area (Å²) in [5.41, 5.74) is 5.17. The van der Waals surface area contributed by atoms with E-state index in [0.717, 1.165) is 6.07 Å². The fourth-order valence-corrected chi connectivity index (χ4v) is 2.15. The Hall–Kier alpha value is -0.224. The first kappa shape index (κ1) is 18.8. The molecule has 2 rings (SSSR count). The van der Waals surface area contributed by atoms with Crippen molar-refractivity contribution in [2.75, 3.05) is 5.73 Å². The van der Waals surface area contributed by atoms with E-state index in [1.807, 2.05) is 0 Å². The minimum atomic E-state index is -4.41. The molecule has 2 aromatic rings. The van der Waals surface area contributed by atoms with Crippen LogP contribution >= 0.6 is 0 Å². The molecule has 0 aliphatic heterocycles. The van der Waals surface area contributed by atoms with E-state index in [-0.39, 0.29) is 70.1 Å². The number of fused-ring (bicyclic) bond motifs is 1. The predicted octanol–water partition coefficient (Wildman–Crippen LogP) is -1.82. The van der Waals surface area contributed by atoms with Crippen LogP contribution in [0.2, 0.25) is 0 Å². The Morgan fingerprint density at radius 1 is 1.37 bits per heavy atom. The Morgan fingerprint density at radius 3 is 2.47 bits per heavy atom. The molecule has 0 saturated heterocycles. The van der Waals surface area contributed by atoms with Gasteiger partial charge in [-0.2, -0.15) is 14.5 Å². The van der Waals surface area contributed by atoms with Crippen LogP contribution in [0, 0.1) is 20.4 Å². The zero-order valence-corrected chi connectivity index (χ0v) is 14.7. The van der Waals surface area contributed by atoms with E-state index < -0.39 is 20.6 Å². The van der Waals surface area contributed by atoms with Gasteiger partial charge in [-0.15, -0.1) is 11.5 Å². The first-order chi connectivity index (χ1) is 7.79. The molecule has 0 aliphatic rings. The molecule has 0 unspecified atom stereocenters. The van der Waals surface area contributed by atoms with E-state index in [4.69, 9.17) is 14.7 Å². The topological polar surface area (TPSA) is 111 Å². The van der Waals surface area contributed by atoms with Crippen molar-refractivity contribution in [3.63, 3.8) is 0 Å². The first-order valence-electron chi connectivity index (χ1n) is 4.53. The van der Waals surface area contributed by atoms with Crippen LogP contribution in [-0.2, 0) is 10.1 Å². The average molecular weight is 308 g/mol. The summed E-state index contributed by atoms with van der Waals surface area (Å²) in [6.45, 7) is 1.57. The third-order valence-corrected chi connectivity index (χ3v) is 3.20. The summed E-state index contributed by atoms with van der Waals surface area (Å²) in [5.74, 6) is 0. The summed E-state index contributed by atoms with van der Waals surface area (Å²) in [6, 6.07) is 4.70. The molecule has 1 aromatic heterocycles. The van der Waals surface area contributed by atoms with Crippen molar-refractivity contribution >= 4 is 26.8 Å². The number of rotatable bonds is 1. The molecule has 1 aromatic carbocycles. The second-order valence-electron chi connectivity index (χ2n) is 3.50. The number of nitrogen functional groups attached to an aromatic ring is 1. The molecular formula is C11H11KNO5S-. The van der Waals surface area contributed by atoms with E-state index >= 15 is 0 Å². The van der Waals surface area contributed by atoms with Crippen molar-refractivity contribution in [3.05, 3.63) is 41.6 Å². The second kappa shape index (κ2) is 6.48. The van der Waals surface area contributed by atoms with Crippen LogP contribution in [0.15, 0.2) is 26.2 Å². The van der Waals surface area contributed by atoms with Gasteiger partial charge in [0, 0.05) is 0 Å². The van der Waals surface area contributed by atoms with Gasteiger partial charge in [0.1, 0.15) is 0 Å². The van der Waals surface area contributed by atoms with Gasteiger partial charge in [0.05, 0.1) is 16.2 Å². The van der Waals surface area contributed by atoms with Gasteiger partial charge >= 0.3 is 51.4 Å². The van der Waals surface area contributed by atoms with Gasteiger partial charge in [-0.1, -0.05) is 6.92 Å². The predicted molar refractivity (Wildman–Crippen MR) is 66.7 cm³/mol. The number of hydrogen-bond acceptors (Lipinski definition) is 5. The quantitative estimate of drug-likeness (QED) is 0.211. The fraction of sp³-hybridized carbons (Fsp3) is 0.0909. The minimum absolute atomic E-state index is 0. The maximum absolute atomic E-state index is 11.1. The van der Waals surface area contributed by atoms with Crippen molar-refractivity contribution in [2.24, 2.45) is 0 Å². The third-order valence-electron chi connectivity index (χ3n) is 2.29. The van der Waals surface area contributed by atoms with Crippen molar-refractivity contribution in [3.8, 4) is 0 Å². The summed E-state index contributed by atoms with van der Waals surface area (Å²) < 4.78 is 35.9. The Labute approximate surface area is 153 Å². The van der Waals surface area contributed by atoms with E-state index in [1.54, 1.807) is 6.92 Å². The van der Waals surface area contributed by atoms with Crippen LogP contribution in [0.1, 0.15) is 5.56 Å². The molecule has 8 heteroatoms. The Bertz CT molecular complexity index is 766. The standard InChI is InChI=1S/C10H8NO5S.CH3.K/c1-5-2-10(12)16-8-4-7(11)9(3-6(5)8)17(13,14)15;;/h3-4H,11H2,1H3,(H,13,14,15);1H3;/q2*-1;+1. The van der Waals surface area contributed by atoms with Gasteiger partial charge in [-0.25, -0.2) is 5.56 Å². The molecule has 0 spiro atoms. The van der Waals surface area contributed by atoms with Gasteiger partial charge in [-0.3, -0.25) is 9.35 Å². The number of aryl methyl sites for hydroxylation is 1. The maximum Gasteiger partial charge on any atom is 1.00 e. The number of hydrogen-bond donors (Lipinski definition) is 2. The summed E-state index contributed by atoms with van der Waals surface area (Å²) >= 11 is 0. The van der Waals surface area contributed by atoms with Crippen molar-refractivity contribution in [1.29, 1.82) is 0 Å². The summed E-state index contributed by atoms with van der Waals surface area (Å²) in [4.78, 5) is 10.6. The number of benzene rings is 1. The summed E-state index contributed by atoms with van der Waals surface area (Å²) in [6.07, 6.45) is 0. The van der Waals surface area contributed by atoms with Crippen LogP contribution < -0.4 is 62.7 Å². The fourth-order valence-electron chi connectivity index (χ4n) is 1.52. The van der Waals surface area contributed by atoms with Gasteiger partial charge in [0.25, 0.3) is 10.1 Å². The van der Waals surface area contributed by atoms with Crippen molar-refractivity contribution in [2.45, 2.75) is 11.8 Å². The van der Waals surface area contributed by atoms with Gasteiger partial charge < -0.3 is 17.6 Å². The molecule has 0 radical (unpaired) electrons. The van der Waals surface area contributed by atoms with Crippen LogP contribution in [0.4, 0.5) is 5.69 Å². The minimum Gasteiger partial charge on any atom is -0.456 e. The first-order valence-corrected chi connectivity index (χ1v) is 5.97. The Morgan fingerprint density at radius 2 is 1.95 bits per heavy atom. The molecule has 6 nitrogen and oxygen atoms in total. The zero-order chi connectivity index (χ0) is 12.8. The Balaban J connectivity index is 0.00000162. The SMILES string of the molecule is Cc1[c-]c(=O)oc2cc(N)c(S(=O)(=O)O)cc12.[CH3-].[K+]. The molecule has 1 heterocycles. The van der Waals surface area contributed by atoms with Crippen LogP contribution in [0.25, 0.3) is 11.0 Å². The van der Waals surface area contributed by atoms with Crippen molar-refractivity contribution < 1.29 is 68.8 Å². The second-order valence-corrected chi connectivity index (χ2v) is 4.89.